The summed E-state index contributed by atoms with van der Waals surface area (Å²) in [5.74, 6) is -15.8. The number of nitrogens with zero attached hydrogens (tertiary/aromatic N) is 2. The Morgan fingerprint density at radius 3 is 2.19 bits per heavy atom. The molecule has 0 unspecified atom stereocenters. The largest absolute Gasteiger partial charge is 0.483 e. The van der Waals surface area contributed by atoms with E-state index >= 15 is 26.3 Å². The van der Waals surface area contributed by atoms with Crippen molar-refractivity contribution in [2.24, 2.45) is 4.99 Å². The fraction of sp³-hybridized carbons (Fsp3) is 0.406. The van der Waals surface area contributed by atoms with E-state index in [-0.39, 0.29) is 32.5 Å². The number of ether oxygens (including phenoxy) is 1. The van der Waals surface area contributed by atoms with Crippen LogP contribution < -0.4 is 0 Å². The highest BCUT2D eigenvalue weighted by atomic mass is 32.1. The van der Waals surface area contributed by atoms with Crippen LogP contribution in [-0.2, 0) is 11.3 Å². The van der Waals surface area contributed by atoms with Gasteiger partial charge in [0.1, 0.15) is 0 Å². The van der Waals surface area contributed by atoms with E-state index in [1.807, 2.05) is 6.92 Å². The van der Waals surface area contributed by atoms with E-state index < -0.39 is 28.9 Å². The van der Waals surface area contributed by atoms with Gasteiger partial charge in [0.05, 0.1) is 6.61 Å². The van der Waals surface area contributed by atoms with Crippen molar-refractivity contribution in [3.05, 3.63) is 70.2 Å². The summed E-state index contributed by atoms with van der Waals surface area (Å²) in [6.07, 6.45) is 4.51. The number of fused-ring (bicyclic) bond motifs is 2. The van der Waals surface area contributed by atoms with Crippen molar-refractivity contribution in [3.63, 3.8) is 0 Å². The molecule has 0 bridgehead atoms. The van der Waals surface area contributed by atoms with Gasteiger partial charge in [-0.1, -0.05) is 43.3 Å². The Morgan fingerprint density at radius 2 is 1.48 bits per heavy atom. The molecule has 0 saturated heterocycles. The molecule has 2 aromatic heterocycles. The van der Waals surface area contributed by atoms with Crippen molar-refractivity contribution in [1.29, 1.82) is 0 Å². The van der Waals surface area contributed by atoms with Gasteiger partial charge in [-0.2, -0.15) is 26.3 Å². The molecule has 4 aromatic rings. The second-order valence-corrected chi connectivity index (χ2v) is 11.8. The molecule has 0 saturated carbocycles. The SMILES string of the molecule is CCCN=COCCCCCn1c(C)c(C2=C(c3c(C)sc4ccccc34)C(F)(F)C(F)(F)C2(F)F)c2ccccc21. The molecular formula is C32H32F6N2OS. The standard InChI is InChI=1S/C32H32F6N2OS/c1-4-16-39-19-41-18-11-5-10-17-40-20(2)26(22-12-6-8-14-24(22)40)28-29(31(35,36)32(37,38)30(28,33)34)27-21(3)42-25-15-9-7-13-23(25)27/h6-9,12-15,19H,4-5,10-11,16-18H2,1-3H3. The molecule has 3 nitrogen and oxygen atoms in total. The number of hydrogen-bond acceptors (Lipinski definition) is 3. The van der Waals surface area contributed by atoms with Gasteiger partial charge in [0, 0.05) is 66.9 Å². The molecule has 0 fully saturated rings. The van der Waals surface area contributed by atoms with Crippen LogP contribution in [0.2, 0.25) is 0 Å². The molecular weight excluding hydrogens is 574 g/mol. The summed E-state index contributed by atoms with van der Waals surface area (Å²) in [5.41, 5.74) is -2.31. The van der Waals surface area contributed by atoms with Gasteiger partial charge in [0.25, 0.3) is 0 Å². The average molecular weight is 607 g/mol. The van der Waals surface area contributed by atoms with E-state index in [0.29, 0.717) is 36.3 Å². The smallest absolute Gasteiger partial charge is 0.380 e. The van der Waals surface area contributed by atoms with Crippen molar-refractivity contribution in [2.45, 2.75) is 70.8 Å². The molecule has 0 radical (unpaired) electrons. The molecule has 0 spiro atoms. The number of rotatable bonds is 11. The zero-order chi connectivity index (χ0) is 30.3. The van der Waals surface area contributed by atoms with Crippen molar-refractivity contribution >= 4 is 49.9 Å². The molecule has 1 aliphatic rings. The zero-order valence-electron chi connectivity index (χ0n) is 23.6. The summed E-state index contributed by atoms with van der Waals surface area (Å²) in [4.78, 5) is 4.38. The van der Waals surface area contributed by atoms with E-state index in [1.54, 1.807) is 41.0 Å². The third-order valence-electron chi connectivity index (χ3n) is 7.81. The number of aromatic nitrogens is 1. The molecule has 0 N–H and O–H groups in total. The molecule has 10 heteroatoms. The third-order valence-corrected chi connectivity index (χ3v) is 8.90. The number of unbranched alkanes of at least 4 members (excludes halogenated alkanes) is 2. The fourth-order valence-electron chi connectivity index (χ4n) is 5.82. The Hall–Kier alpha value is -3.27. The number of alkyl halides is 6. The lowest BCUT2D eigenvalue weighted by atomic mass is 9.91. The Morgan fingerprint density at radius 1 is 0.833 bits per heavy atom. The first-order chi connectivity index (χ1) is 20.0. The predicted molar refractivity (Wildman–Crippen MR) is 158 cm³/mol. The van der Waals surface area contributed by atoms with Crippen molar-refractivity contribution < 1.29 is 31.1 Å². The summed E-state index contributed by atoms with van der Waals surface area (Å²) in [7, 11) is 0. The molecule has 42 heavy (non-hydrogen) atoms. The van der Waals surface area contributed by atoms with Gasteiger partial charge in [0.2, 0.25) is 0 Å². The Balaban J connectivity index is 1.62. The minimum absolute atomic E-state index is 0.239. The van der Waals surface area contributed by atoms with Crippen LogP contribution in [0.3, 0.4) is 0 Å². The molecule has 2 aromatic carbocycles. The number of aliphatic imine (C=N–C) groups is 1. The summed E-state index contributed by atoms with van der Waals surface area (Å²) in [5, 5.41) is 0.493. The summed E-state index contributed by atoms with van der Waals surface area (Å²) in [6, 6.07) is 13.0. The molecule has 224 valence electrons. The average Bonchev–Trinajstić information content (AvgIpc) is 3.45. The topological polar surface area (TPSA) is 26.5 Å². The number of aryl methyl sites for hydroxylation is 2. The van der Waals surface area contributed by atoms with Crippen LogP contribution in [0.1, 0.15) is 54.3 Å². The van der Waals surface area contributed by atoms with Crippen LogP contribution in [0.5, 0.6) is 0 Å². The van der Waals surface area contributed by atoms with Gasteiger partial charge in [-0.3, -0.25) is 4.99 Å². The Bertz CT molecular complexity index is 1670. The second-order valence-electron chi connectivity index (χ2n) is 10.6. The van der Waals surface area contributed by atoms with Crippen molar-refractivity contribution in [1.82, 2.24) is 4.57 Å². The third kappa shape index (κ3) is 4.71. The minimum atomic E-state index is -5.61. The lowest BCUT2D eigenvalue weighted by molar-refractivity contribution is -0.254. The fourth-order valence-corrected chi connectivity index (χ4v) is 6.89. The van der Waals surface area contributed by atoms with Crippen molar-refractivity contribution in [2.75, 3.05) is 13.2 Å². The molecule has 1 aliphatic carbocycles. The van der Waals surface area contributed by atoms with Gasteiger partial charge in [-0.05, 0) is 51.7 Å². The van der Waals surface area contributed by atoms with Crippen LogP contribution in [0.25, 0.3) is 32.1 Å². The first kappa shape index (κ1) is 30.2. The highest BCUT2D eigenvalue weighted by molar-refractivity contribution is 7.19. The van der Waals surface area contributed by atoms with Crippen LogP contribution in [0, 0.1) is 13.8 Å². The van der Waals surface area contributed by atoms with Gasteiger partial charge < -0.3 is 9.30 Å². The van der Waals surface area contributed by atoms with Crippen LogP contribution in [-0.4, -0.2) is 41.9 Å². The normalized spacial score (nSPS) is 17.7. The highest BCUT2D eigenvalue weighted by Crippen LogP contribution is 2.66. The molecule has 0 aliphatic heterocycles. The highest BCUT2D eigenvalue weighted by Gasteiger charge is 2.80. The van der Waals surface area contributed by atoms with Crippen LogP contribution in [0.15, 0.2) is 53.5 Å². The summed E-state index contributed by atoms with van der Waals surface area (Å²) in [6.45, 7) is 6.63. The van der Waals surface area contributed by atoms with Crippen LogP contribution in [0.4, 0.5) is 26.3 Å². The van der Waals surface area contributed by atoms with Gasteiger partial charge >= 0.3 is 17.8 Å². The zero-order valence-corrected chi connectivity index (χ0v) is 24.4. The van der Waals surface area contributed by atoms with Crippen molar-refractivity contribution in [3.8, 4) is 0 Å². The summed E-state index contributed by atoms with van der Waals surface area (Å²) < 4.78 is 101. The Kier molecular flexibility index (Phi) is 8.22. The Labute approximate surface area is 244 Å². The van der Waals surface area contributed by atoms with Gasteiger partial charge in [0.15, 0.2) is 6.40 Å². The minimum Gasteiger partial charge on any atom is -0.483 e. The predicted octanol–water partition coefficient (Wildman–Crippen LogP) is 9.93. The summed E-state index contributed by atoms with van der Waals surface area (Å²) >= 11 is 1.12. The number of para-hydroxylation sites is 1. The lowest BCUT2D eigenvalue weighted by Crippen LogP contribution is -2.49. The molecule has 0 amide bonds. The quantitative estimate of drug-likeness (QED) is 0.0722. The maximum Gasteiger partial charge on any atom is 0.380 e. The van der Waals surface area contributed by atoms with Gasteiger partial charge in [-0.25, -0.2) is 0 Å². The first-order valence-corrected chi connectivity index (χ1v) is 14.8. The number of halogens is 6. The first-order valence-electron chi connectivity index (χ1n) is 14.0. The molecule has 5 rings (SSSR count). The van der Waals surface area contributed by atoms with Crippen LogP contribution >= 0.6 is 11.3 Å². The monoisotopic (exact) mass is 606 g/mol. The number of benzene rings is 2. The molecule has 0 atom stereocenters. The lowest BCUT2D eigenvalue weighted by Gasteiger charge is -2.26. The van der Waals surface area contributed by atoms with E-state index in [4.69, 9.17) is 4.74 Å². The second kappa shape index (κ2) is 11.4. The number of hydrogen-bond donors (Lipinski definition) is 0. The van der Waals surface area contributed by atoms with E-state index in [2.05, 4.69) is 4.99 Å². The number of allylic oxidation sites excluding steroid dienone is 2. The van der Waals surface area contributed by atoms with E-state index in [0.717, 1.165) is 30.6 Å². The van der Waals surface area contributed by atoms with E-state index in [9.17, 15) is 0 Å². The maximum atomic E-state index is 15.8. The molecule has 2 heterocycles. The van der Waals surface area contributed by atoms with Gasteiger partial charge in [-0.15, -0.1) is 11.3 Å². The number of thiophene rings is 1. The van der Waals surface area contributed by atoms with E-state index in [1.165, 1.54) is 32.4 Å². The maximum absolute atomic E-state index is 15.8.